The number of ether oxygens (including phenoxy) is 1. The van der Waals surface area contributed by atoms with Crippen LogP contribution in [0.4, 0.5) is 0 Å². The van der Waals surface area contributed by atoms with Crippen molar-refractivity contribution in [2.75, 3.05) is 7.11 Å². The van der Waals surface area contributed by atoms with Gasteiger partial charge >= 0.3 is 5.97 Å². The minimum Gasteiger partial charge on any atom is -0.468 e. The van der Waals surface area contributed by atoms with Crippen LogP contribution in [0.3, 0.4) is 0 Å². The van der Waals surface area contributed by atoms with E-state index in [-0.39, 0.29) is 5.97 Å². The minimum atomic E-state index is -0.619. The lowest BCUT2D eigenvalue weighted by Crippen LogP contribution is -2.33. The third-order valence-corrected chi connectivity index (χ3v) is 4.65. The van der Waals surface area contributed by atoms with E-state index in [0.29, 0.717) is 6.42 Å². The van der Waals surface area contributed by atoms with Gasteiger partial charge in [-0.05, 0) is 42.7 Å². The van der Waals surface area contributed by atoms with Gasteiger partial charge in [0.1, 0.15) is 6.04 Å². The Morgan fingerprint density at radius 3 is 2.73 bits per heavy atom. The lowest BCUT2D eigenvalue weighted by molar-refractivity contribution is -0.142. The molecule has 1 aromatic heterocycles. The Morgan fingerprint density at radius 2 is 2.09 bits per heavy atom. The van der Waals surface area contributed by atoms with E-state index in [2.05, 4.69) is 35.9 Å². The molecule has 0 saturated heterocycles. The first-order valence-electron chi connectivity index (χ1n) is 7.74. The first-order valence-corrected chi connectivity index (χ1v) is 7.74. The summed E-state index contributed by atoms with van der Waals surface area (Å²) < 4.78 is 7.06. The summed E-state index contributed by atoms with van der Waals surface area (Å²) in [5.41, 5.74) is 12.3. The van der Waals surface area contributed by atoms with Crippen molar-refractivity contribution < 1.29 is 9.53 Å². The standard InChI is InChI=1S/C17H23N3O2/c1-4-20-10(2)13(7-15(18)17(21)22-3)14-5-11-8-19-9-12(11)6-16(14)20/h5-6,15,19H,4,7-9,18H2,1-3H3. The normalized spacial score (nSPS) is 15.1. The zero-order valence-corrected chi connectivity index (χ0v) is 13.4. The number of hydrogen-bond donors (Lipinski definition) is 2. The molecule has 5 nitrogen and oxygen atoms in total. The number of rotatable bonds is 4. The Kier molecular flexibility index (Phi) is 3.93. The molecule has 0 bridgehead atoms. The molecule has 5 heteroatoms. The second-order valence-electron chi connectivity index (χ2n) is 5.88. The number of nitrogens with two attached hydrogens (primary N) is 1. The number of nitrogens with zero attached hydrogens (tertiary/aromatic N) is 1. The molecule has 1 aliphatic rings. The van der Waals surface area contributed by atoms with Crippen molar-refractivity contribution in [3.05, 3.63) is 34.5 Å². The third kappa shape index (κ3) is 2.30. The number of carbonyl (C=O) groups is 1. The Labute approximate surface area is 130 Å². The molecule has 2 heterocycles. The largest absolute Gasteiger partial charge is 0.468 e. The van der Waals surface area contributed by atoms with Crippen LogP contribution >= 0.6 is 0 Å². The van der Waals surface area contributed by atoms with E-state index in [9.17, 15) is 4.79 Å². The molecular formula is C17H23N3O2. The van der Waals surface area contributed by atoms with Gasteiger partial charge in [0.05, 0.1) is 7.11 Å². The fraction of sp³-hybridized carbons (Fsp3) is 0.471. The van der Waals surface area contributed by atoms with Crippen molar-refractivity contribution in [1.82, 2.24) is 9.88 Å². The molecule has 3 rings (SSSR count). The summed E-state index contributed by atoms with van der Waals surface area (Å²) >= 11 is 0. The molecule has 0 aliphatic carbocycles. The van der Waals surface area contributed by atoms with Crippen molar-refractivity contribution in [1.29, 1.82) is 0 Å². The fourth-order valence-electron chi connectivity index (χ4n) is 3.46. The van der Waals surface area contributed by atoms with Crippen LogP contribution in [0.2, 0.25) is 0 Å². The van der Waals surface area contributed by atoms with Crippen LogP contribution in [0.1, 0.15) is 29.3 Å². The first kappa shape index (κ1) is 15.1. The summed E-state index contributed by atoms with van der Waals surface area (Å²) in [7, 11) is 1.38. The molecule has 0 fully saturated rings. The molecule has 0 saturated carbocycles. The number of benzene rings is 1. The van der Waals surface area contributed by atoms with Gasteiger partial charge in [-0.15, -0.1) is 0 Å². The van der Waals surface area contributed by atoms with Gasteiger partial charge < -0.3 is 20.4 Å². The highest BCUT2D eigenvalue weighted by atomic mass is 16.5. The molecule has 0 radical (unpaired) electrons. The van der Waals surface area contributed by atoms with Gasteiger partial charge in [-0.1, -0.05) is 0 Å². The number of methoxy groups -OCH3 is 1. The molecule has 1 unspecified atom stereocenters. The van der Waals surface area contributed by atoms with Crippen molar-refractivity contribution in [3.63, 3.8) is 0 Å². The van der Waals surface area contributed by atoms with Gasteiger partial charge in [-0.25, -0.2) is 0 Å². The first-order chi connectivity index (χ1) is 10.6. The van der Waals surface area contributed by atoms with Crippen LogP contribution in [0.15, 0.2) is 12.1 Å². The smallest absolute Gasteiger partial charge is 0.322 e. The molecule has 1 aromatic carbocycles. The van der Waals surface area contributed by atoms with E-state index in [1.54, 1.807) is 0 Å². The lowest BCUT2D eigenvalue weighted by Gasteiger charge is -2.10. The van der Waals surface area contributed by atoms with E-state index in [0.717, 1.165) is 25.2 Å². The Morgan fingerprint density at radius 1 is 1.41 bits per heavy atom. The Hall–Kier alpha value is -1.85. The molecule has 22 heavy (non-hydrogen) atoms. The van der Waals surface area contributed by atoms with Gasteiger partial charge in [-0.2, -0.15) is 0 Å². The summed E-state index contributed by atoms with van der Waals surface area (Å²) in [5.74, 6) is -0.361. The summed E-state index contributed by atoms with van der Waals surface area (Å²) in [6.07, 6.45) is 0.508. The highest BCUT2D eigenvalue weighted by Gasteiger charge is 2.22. The van der Waals surface area contributed by atoms with Crippen LogP contribution in [-0.2, 0) is 35.6 Å². The van der Waals surface area contributed by atoms with Gasteiger partial charge in [0, 0.05) is 42.7 Å². The molecule has 3 N–H and O–H groups in total. The lowest BCUT2D eigenvalue weighted by atomic mass is 10.00. The number of carbonyl (C=O) groups excluding carboxylic acids is 1. The molecule has 0 spiro atoms. The SMILES string of the molecule is CCn1c(C)c(CC(N)C(=O)OC)c2cc3c(cc21)CNC3. The van der Waals surface area contributed by atoms with Crippen molar-refractivity contribution >= 4 is 16.9 Å². The van der Waals surface area contributed by atoms with Crippen molar-refractivity contribution in [3.8, 4) is 0 Å². The Bertz CT molecular complexity index is 733. The van der Waals surface area contributed by atoms with Crippen molar-refractivity contribution in [2.45, 2.75) is 45.9 Å². The maximum absolute atomic E-state index is 11.7. The quantitative estimate of drug-likeness (QED) is 0.842. The summed E-state index contributed by atoms with van der Waals surface area (Å²) in [6.45, 7) is 6.98. The average molecular weight is 301 g/mol. The average Bonchev–Trinajstić information content (AvgIpc) is 3.07. The highest BCUT2D eigenvalue weighted by molar-refractivity contribution is 5.88. The molecular weight excluding hydrogens is 278 g/mol. The number of aryl methyl sites for hydroxylation is 1. The zero-order chi connectivity index (χ0) is 15.9. The highest BCUT2D eigenvalue weighted by Crippen LogP contribution is 2.31. The van der Waals surface area contributed by atoms with E-state index >= 15 is 0 Å². The number of esters is 1. The summed E-state index contributed by atoms with van der Waals surface area (Å²) in [6, 6.07) is 3.91. The molecule has 2 aromatic rings. The fourth-order valence-corrected chi connectivity index (χ4v) is 3.46. The van der Waals surface area contributed by atoms with E-state index < -0.39 is 6.04 Å². The van der Waals surface area contributed by atoms with Gasteiger partial charge in [0.15, 0.2) is 0 Å². The molecule has 118 valence electrons. The second-order valence-corrected chi connectivity index (χ2v) is 5.88. The van der Waals surface area contributed by atoms with Crippen LogP contribution in [0.25, 0.3) is 10.9 Å². The van der Waals surface area contributed by atoms with Crippen molar-refractivity contribution in [2.24, 2.45) is 5.73 Å². The maximum atomic E-state index is 11.7. The maximum Gasteiger partial charge on any atom is 0.322 e. The zero-order valence-electron chi connectivity index (χ0n) is 13.4. The topological polar surface area (TPSA) is 69.3 Å². The molecule has 1 atom stereocenters. The molecule has 1 aliphatic heterocycles. The number of nitrogens with one attached hydrogen (secondary N) is 1. The number of hydrogen-bond acceptors (Lipinski definition) is 4. The second kappa shape index (κ2) is 5.74. The van der Waals surface area contributed by atoms with E-state index in [1.807, 2.05) is 0 Å². The summed E-state index contributed by atoms with van der Waals surface area (Å²) in [4.78, 5) is 11.7. The van der Waals surface area contributed by atoms with E-state index in [4.69, 9.17) is 10.5 Å². The van der Waals surface area contributed by atoms with E-state index in [1.165, 1.54) is 34.8 Å². The van der Waals surface area contributed by atoms with Gasteiger partial charge in [0.25, 0.3) is 0 Å². The molecule has 0 amide bonds. The minimum absolute atomic E-state index is 0.361. The predicted molar refractivity (Wildman–Crippen MR) is 86.6 cm³/mol. The third-order valence-electron chi connectivity index (χ3n) is 4.65. The van der Waals surface area contributed by atoms with Crippen LogP contribution in [-0.4, -0.2) is 23.7 Å². The van der Waals surface area contributed by atoms with Crippen LogP contribution in [0, 0.1) is 6.92 Å². The summed E-state index contributed by atoms with van der Waals surface area (Å²) in [5, 5.41) is 4.59. The van der Waals surface area contributed by atoms with Crippen LogP contribution < -0.4 is 11.1 Å². The number of aromatic nitrogens is 1. The van der Waals surface area contributed by atoms with Gasteiger partial charge in [0.2, 0.25) is 0 Å². The monoisotopic (exact) mass is 301 g/mol. The van der Waals surface area contributed by atoms with Gasteiger partial charge in [-0.3, -0.25) is 4.79 Å². The Balaban J connectivity index is 2.12. The van der Waals surface area contributed by atoms with Crippen LogP contribution in [0.5, 0.6) is 0 Å². The number of fused-ring (bicyclic) bond motifs is 2. The predicted octanol–water partition coefficient (Wildman–Crippen LogP) is 1.62.